The fourth-order valence-corrected chi connectivity index (χ4v) is 2.69. The Morgan fingerprint density at radius 1 is 0.967 bits per heavy atom. The fourth-order valence-electron chi connectivity index (χ4n) is 2.53. The second kappa shape index (κ2) is 13.6. The molecule has 5 N–H and O–H groups in total. The highest BCUT2D eigenvalue weighted by Gasteiger charge is 2.30. The topological polar surface area (TPSA) is 140 Å². The Labute approximate surface area is 187 Å². The van der Waals surface area contributed by atoms with Crippen LogP contribution in [-0.2, 0) is 23.9 Å². The predicted molar refractivity (Wildman–Crippen MR) is 119 cm³/mol. The summed E-state index contributed by atoms with van der Waals surface area (Å²) in [4.78, 5) is 49.3. The summed E-state index contributed by atoms with van der Waals surface area (Å²) in [6.07, 6.45) is 1.74. The van der Waals surface area contributed by atoms with Gasteiger partial charge in [0.05, 0.1) is 5.33 Å². The van der Waals surface area contributed by atoms with Crippen molar-refractivity contribution in [1.29, 1.82) is 0 Å². The third kappa shape index (κ3) is 11.5. The molecule has 0 radical (unpaired) electrons. The van der Waals surface area contributed by atoms with E-state index in [1.54, 1.807) is 34.6 Å². The lowest BCUT2D eigenvalue weighted by Gasteiger charge is -2.26. The first kappa shape index (κ1) is 28.3. The van der Waals surface area contributed by atoms with E-state index in [0.717, 1.165) is 0 Å². The van der Waals surface area contributed by atoms with Gasteiger partial charge in [0.25, 0.3) is 0 Å². The van der Waals surface area contributed by atoms with Crippen molar-refractivity contribution in [2.45, 2.75) is 84.5 Å². The Morgan fingerprint density at radius 3 is 2.03 bits per heavy atom. The summed E-state index contributed by atoms with van der Waals surface area (Å²) in [7, 11) is 0. The van der Waals surface area contributed by atoms with Gasteiger partial charge in [-0.15, -0.1) is 0 Å². The minimum Gasteiger partial charge on any atom is -0.458 e. The molecule has 0 heterocycles. The number of halogens is 1. The number of ether oxygens (including phenoxy) is 1. The number of hydrogen-bond donors (Lipinski definition) is 4. The van der Waals surface area contributed by atoms with Crippen molar-refractivity contribution in [1.82, 2.24) is 16.0 Å². The van der Waals surface area contributed by atoms with Gasteiger partial charge >= 0.3 is 5.97 Å². The van der Waals surface area contributed by atoms with Crippen LogP contribution >= 0.6 is 15.9 Å². The number of nitrogens with two attached hydrogens (primary N) is 1. The lowest BCUT2D eigenvalue weighted by atomic mass is 10.0. The average molecular weight is 493 g/mol. The molecule has 3 amide bonds. The first-order valence-corrected chi connectivity index (χ1v) is 11.3. The quantitative estimate of drug-likeness (QED) is 0.182. The number of carbonyl (C=O) groups is 4. The summed E-state index contributed by atoms with van der Waals surface area (Å²) in [5.41, 5.74) is 4.82. The van der Waals surface area contributed by atoms with Crippen molar-refractivity contribution in [3.05, 3.63) is 0 Å². The summed E-state index contributed by atoms with van der Waals surface area (Å²) >= 11 is 3.04. The van der Waals surface area contributed by atoms with Crippen molar-refractivity contribution in [2.75, 3.05) is 11.9 Å². The summed E-state index contributed by atoms with van der Waals surface area (Å²) in [6, 6.07) is -2.52. The van der Waals surface area contributed by atoms with Crippen LogP contribution in [0.1, 0.15) is 60.8 Å². The summed E-state index contributed by atoms with van der Waals surface area (Å²) in [5.74, 6) is -2.02. The minimum absolute atomic E-state index is 0.0694. The summed E-state index contributed by atoms with van der Waals surface area (Å²) in [6.45, 7) is 10.8. The van der Waals surface area contributed by atoms with E-state index in [-0.39, 0.29) is 17.2 Å². The van der Waals surface area contributed by atoms with E-state index in [1.807, 2.05) is 0 Å². The van der Waals surface area contributed by atoms with Gasteiger partial charge in [0.15, 0.2) is 0 Å². The molecular weight excluding hydrogens is 456 g/mol. The summed E-state index contributed by atoms with van der Waals surface area (Å²) in [5, 5.41) is 7.94. The third-order valence-electron chi connectivity index (χ3n) is 4.09. The van der Waals surface area contributed by atoms with Crippen LogP contribution in [0.5, 0.6) is 0 Å². The molecule has 3 atom stereocenters. The molecule has 0 aliphatic heterocycles. The molecule has 30 heavy (non-hydrogen) atoms. The Balaban J connectivity index is 5.08. The lowest BCUT2D eigenvalue weighted by Crippen LogP contribution is -2.56. The van der Waals surface area contributed by atoms with E-state index in [9.17, 15) is 19.2 Å². The normalized spacial score (nSPS) is 14.4. The number of amides is 3. The van der Waals surface area contributed by atoms with Crippen LogP contribution in [0.4, 0.5) is 0 Å². The van der Waals surface area contributed by atoms with Crippen molar-refractivity contribution in [2.24, 2.45) is 11.7 Å². The molecule has 9 nitrogen and oxygen atoms in total. The summed E-state index contributed by atoms with van der Waals surface area (Å²) < 4.78 is 5.39. The van der Waals surface area contributed by atoms with Gasteiger partial charge in [-0.3, -0.25) is 14.4 Å². The fraction of sp³-hybridized carbons (Fsp3) is 0.800. The van der Waals surface area contributed by atoms with Gasteiger partial charge in [-0.05, 0) is 59.4 Å². The van der Waals surface area contributed by atoms with E-state index < -0.39 is 41.5 Å². The molecule has 0 fully saturated rings. The number of alkyl halides is 1. The molecule has 0 aliphatic rings. The highest BCUT2D eigenvalue weighted by atomic mass is 79.9. The Morgan fingerprint density at radius 2 is 1.57 bits per heavy atom. The van der Waals surface area contributed by atoms with Crippen LogP contribution in [0.15, 0.2) is 0 Å². The highest BCUT2D eigenvalue weighted by Crippen LogP contribution is 2.12. The lowest BCUT2D eigenvalue weighted by molar-refractivity contribution is -0.159. The average Bonchev–Trinajstić information content (AvgIpc) is 2.62. The Hall–Kier alpha value is -1.68. The van der Waals surface area contributed by atoms with Gasteiger partial charge in [0.1, 0.15) is 23.7 Å². The molecule has 0 saturated heterocycles. The molecule has 0 aliphatic carbocycles. The van der Waals surface area contributed by atoms with Gasteiger partial charge in [-0.1, -0.05) is 29.8 Å². The predicted octanol–water partition coefficient (Wildman–Crippen LogP) is 0.982. The van der Waals surface area contributed by atoms with Gasteiger partial charge < -0.3 is 26.4 Å². The molecule has 0 spiro atoms. The van der Waals surface area contributed by atoms with Crippen molar-refractivity contribution in [3.63, 3.8) is 0 Å². The van der Waals surface area contributed by atoms with Crippen molar-refractivity contribution < 1.29 is 23.9 Å². The van der Waals surface area contributed by atoms with E-state index in [0.29, 0.717) is 25.8 Å². The third-order valence-corrected chi connectivity index (χ3v) is 4.60. The zero-order valence-electron chi connectivity index (χ0n) is 18.8. The molecule has 10 heteroatoms. The maximum Gasteiger partial charge on any atom is 0.329 e. The molecule has 0 saturated carbocycles. The molecule has 0 bridgehead atoms. The second-order valence-electron chi connectivity index (χ2n) is 8.53. The maximum atomic E-state index is 12.6. The van der Waals surface area contributed by atoms with E-state index in [2.05, 4.69) is 31.9 Å². The van der Waals surface area contributed by atoms with Crippen LogP contribution in [-0.4, -0.2) is 59.3 Å². The van der Waals surface area contributed by atoms with Crippen LogP contribution < -0.4 is 21.7 Å². The smallest absolute Gasteiger partial charge is 0.329 e. The van der Waals surface area contributed by atoms with Crippen molar-refractivity contribution >= 4 is 39.6 Å². The van der Waals surface area contributed by atoms with E-state index in [1.165, 1.54) is 6.92 Å². The van der Waals surface area contributed by atoms with Gasteiger partial charge in [-0.25, -0.2) is 4.79 Å². The largest absolute Gasteiger partial charge is 0.458 e. The molecule has 0 rings (SSSR count). The highest BCUT2D eigenvalue weighted by molar-refractivity contribution is 9.09. The number of hydrogen-bond acceptors (Lipinski definition) is 6. The number of rotatable bonds is 12. The molecular formula is C20H37BrN4O5. The molecule has 1 unspecified atom stereocenters. The standard InChI is InChI=1S/C20H37BrN4O5/c1-12(2)16(25-15(26)11-21)18(28)23-13(3)17(27)24-14(9-7-8-10-22)19(29)30-20(4,5)6/h12-14,16H,7-11,22H2,1-6H3,(H,23,28)(H,24,27)(H,25,26)/t13-,14-,16?/m0/s1. The molecule has 174 valence electrons. The van der Waals surface area contributed by atoms with Gasteiger partial charge in [0, 0.05) is 0 Å². The van der Waals surface area contributed by atoms with E-state index in [4.69, 9.17) is 10.5 Å². The number of esters is 1. The van der Waals surface area contributed by atoms with Crippen molar-refractivity contribution in [3.8, 4) is 0 Å². The van der Waals surface area contributed by atoms with Crippen LogP contribution in [0.2, 0.25) is 0 Å². The van der Waals surface area contributed by atoms with Gasteiger partial charge in [0.2, 0.25) is 17.7 Å². The Bertz CT molecular complexity index is 592. The maximum absolute atomic E-state index is 12.6. The van der Waals surface area contributed by atoms with Crippen LogP contribution in [0, 0.1) is 5.92 Å². The Kier molecular flexibility index (Phi) is 12.8. The first-order chi connectivity index (χ1) is 13.8. The van der Waals surface area contributed by atoms with Crippen LogP contribution in [0.3, 0.4) is 0 Å². The van der Waals surface area contributed by atoms with Gasteiger partial charge in [-0.2, -0.15) is 0 Å². The number of nitrogens with one attached hydrogen (secondary N) is 3. The first-order valence-electron chi connectivity index (χ1n) is 10.2. The zero-order chi connectivity index (χ0) is 23.5. The molecule has 0 aromatic heterocycles. The van der Waals surface area contributed by atoms with Crippen LogP contribution in [0.25, 0.3) is 0 Å². The minimum atomic E-state index is -0.904. The number of carbonyl (C=O) groups excluding carboxylic acids is 4. The number of unbranched alkanes of at least 4 members (excludes halogenated alkanes) is 1. The zero-order valence-corrected chi connectivity index (χ0v) is 20.4. The second-order valence-corrected chi connectivity index (χ2v) is 9.09. The molecule has 0 aromatic rings. The van der Waals surface area contributed by atoms with E-state index >= 15 is 0 Å². The SMILES string of the molecule is CC(C)C(NC(=O)CBr)C(=O)N[C@@H](C)C(=O)N[C@@H](CCCCN)C(=O)OC(C)(C)C. The molecule has 0 aromatic carbocycles. The monoisotopic (exact) mass is 492 g/mol.